The monoisotopic (exact) mass is 518 g/mol. The van der Waals surface area contributed by atoms with Crippen molar-refractivity contribution in [2.75, 3.05) is 6.61 Å². The van der Waals surface area contributed by atoms with Crippen molar-refractivity contribution in [3.05, 3.63) is 23.8 Å². The van der Waals surface area contributed by atoms with Crippen molar-refractivity contribution in [3.8, 4) is 0 Å². The maximum Gasteiger partial charge on any atom is 0.308 e. The highest BCUT2D eigenvalue weighted by molar-refractivity contribution is 5.77. The molecule has 0 N–H and O–H groups in total. The lowest BCUT2D eigenvalue weighted by atomic mass is 9.58. The second-order valence-corrected chi connectivity index (χ2v) is 12.1. The number of hydrogen-bond acceptors (Lipinski definition) is 8. The fraction of sp³-hybridized carbons (Fsp3) is 0.793. The van der Waals surface area contributed by atoms with Gasteiger partial charge in [0.05, 0.1) is 12.8 Å². The van der Waals surface area contributed by atoms with Gasteiger partial charge in [-0.3, -0.25) is 9.59 Å². The molecule has 4 heterocycles. The number of hydrogen-bond donors (Lipinski definition) is 0. The third-order valence-corrected chi connectivity index (χ3v) is 9.50. The first-order valence-corrected chi connectivity index (χ1v) is 14.0. The molecule has 0 aromatic rings. The van der Waals surface area contributed by atoms with Crippen LogP contribution in [0.4, 0.5) is 0 Å². The Hall–Kier alpha value is -1.74. The van der Waals surface area contributed by atoms with Crippen molar-refractivity contribution in [1.29, 1.82) is 0 Å². The third-order valence-electron chi connectivity index (χ3n) is 9.50. The van der Waals surface area contributed by atoms with E-state index in [-0.39, 0.29) is 37.2 Å². The number of carbonyl (C=O) groups is 2. The lowest BCUT2D eigenvalue weighted by Gasteiger charge is -2.59. The summed E-state index contributed by atoms with van der Waals surface area (Å²) in [7, 11) is 0. The highest BCUT2D eigenvalue weighted by Crippen LogP contribution is 2.60. The van der Waals surface area contributed by atoms with E-state index in [2.05, 4.69) is 26.5 Å². The van der Waals surface area contributed by atoms with Crippen LogP contribution in [0, 0.1) is 29.6 Å². The molecule has 2 bridgehead atoms. The second kappa shape index (κ2) is 10.4. The molecule has 6 aliphatic rings. The molecule has 206 valence electrons. The summed E-state index contributed by atoms with van der Waals surface area (Å²) in [5.74, 6) is -0.557. The quantitative estimate of drug-likeness (QED) is 0.253. The fourth-order valence-electron chi connectivity index (χ4n) is 7.11. The maximum absolute atomic E-state index is 12.7. The van der Waals surface area contributed by atoms with Gasteiger partial charge in [0.2, 0.25) is 12.1 Å². The van der Waals surface area contributed by atoms with E-state index in [1.807, 2.05) is 13.8 Å². The Balaban J connectivity index is 1.14. The Bertz CT molecular complexity index is 944. The molecule has 0 aromatic carbocycles. The van der Waals surface area contributed by atoms with Crippen molar-refractivity contribution in [1.82, 2.24) is 0 Å². The van der Waals surface area contributed by atoms with E-state index in [9.17, 15) is 9.59 Å². The number of carbonyl (C=O) groups excluding carboxylic acids is 2. The highest BCUT2D eigenvalue weighted by Gasteiger charge is 2.69. The van der Waals surface area contributed by atoms with Crippen LogP contribution in [0.2, 0.25) is 0 Å². The topological polar surface area (TPSA) is 89.5 Å². The second-order valence-electron chi connectivity index (χ2n) is 12.1. The largest absolute Gasteiger partial charge is 0.461 e. The molecule has 0 aromatic heterocycles. The zero-order valence-corrected chi connectivity index (χ0v) is 22.7. The van der Waals surface area contributed by atoms with Gasteiger partial charge in [0.15, 0.2) is 11.9 Å². The Morgan fingerprint density at radius 1 is 1.08 bits per heavy atom. The molecule has 8 nitrogen and oxygen atoms in total. The van der Waals surface area contributed by atoms with Gasteiger partial charge in [-0.15, -0.1) is 0 Å². The fourth-order valence-corrected chi connectivity index (χ4v) is 7.11. The van der Waals surface area contributed by atoms with Crippen LogP contribution in [0.5, 0.6) is 0 Å². The van der Waals surface area contributed by atoms with Crippen LogP contribution in [-0.2, 0) is 38.3 Å². The molecule has 2 aliphatic carbocycles. The van der Waals surface area contributed by atoms with E-state index < -0.39 is 35.9 Å². The number of allylic oxidation sites excluding steroid dienone is 2. The van der Waals surface area contributed by atoms with E-state index in [0.29, 0.717) is 11.8 Å². The molecular weight excluding hydrogens is 476 g/mol. The summed E-state index contributed by atoms with van der Waals surface area (Å²) in [6, 6.07) is 0. The minimum atomic E-state index is -0.879. The Labute approximate surface area is 219 Å². The van der Waals surface area contributed by atoms with Gasteiger partial charge in [0, 0.05) is 18.3 Å². The van der Waals surface area contributed by atoms with Gasteiger partial charge in [-0.2, -0.15) is 0 Å². The summed E-state index contributed by atoms with van der Waals surface area (Å²) in [6.45, 7) is 12.5. The average molecular weight is 519 g/mol. The van der Waals surface area contributed by atoms with Crippen molar-refractivity contribution < 1.29 is 38.3 Å². The van der Waals surface area contributed by atoms with E-state index >= 15 is 0 Å². The number of rotatable bonds is 7. The Morgan fingerprint density at radius 3 is 2.59 bits per heavy atom. The van der Waals surface area contributed by atoms with Crippen molar-refractivity contribution in [2.24, 2.45) is 29.6 Å². The first-order chi connectivity index (χ1) is 17.6. The van der Waals surface area contributed by atoms with E-state index in [4.69, 9.17) is 28.7 Å². The predicted octanol–water partition coefficient (Wildman–Crippen LogP) is 5.36. The zero-order valence-electron chi connectivity index (χ0n) is 22.7. The van der Waals surface area contributed by atoms with Gasteiger partial charge in [0.25, 0.3) is 0 Å². The molecule has 1 spiro atoms. The molecule has 4 aliphatic heterocycles. The van der Waals surface area contributed by atoms with E-state index in [1.165, 1.54) is 5.57 Å². The molecular formula is C29H42O8. The molecule has 6 rings (SSSR count). The van der Waals surface area contributed by atoms with Crippen LogP contribution in [0.25, 0.3) is 0 Å². The maximum atomic E-state index is 12.7. The van der Waals surface area contributed by atoms with E-state index in [0.717, 1.165) is 50.5 Å². The van der Waals surface area contributed by atoms with Crippen molar-refractivity contribution >= 4 is 11.9 Å². The molecule has 0 unspecified atom stereocenters. The first kappa shape index (κ1) is 26.9. The van der Waals surface area contributed by atoms with Crippen LogP contribution in [-0.4, -0.2) is 42.5 Å². The zero-order chi connectivity index (χ0) is 26.4. The summed E-state index contributed by atoms with van der Waals surface area (Å²) >= 11 is 0. The predicted molar refractivity (Wildman–Crippen MR) is 133 cm³/mol. The lowest BCUT2D eigenvalue weighted by Crippen LogP contribution is -2.70. The third kappa shape index (κ3) is 5.14. The molecule has 0 radical (unpaired) electrons. The summed E-state index contributed by atoms with van der Waals surface area (Å²) in [6.07, 6.45) is 7.18. The first-order valence-electron chi connectivity index (χ1n) is 14.0. The van der Waals surface area contributed by atoms with Gasteiger partial charge in [-0.05, 0) is 75.7 Å². The lowest BCUT2D eigenvalue weighted by molar-refractivity contribution is -0.576. The van der Waals surface area contributed by atoms with E-state index in [1.54, 1.807) is 0 Å². The SMILES string of the molecule is C=C(C)[C@H]1CC=C(COC(=O)CCC(=O)O[C@@H]2O[C@@H]3O[C@@]4(C)CC[C@H]5[C@H](C)CC[C@@H]([C@H]2C)[C@@]35OO4)CC1. The number of ether oxygens (including phenoxy) is 4. The minimum Gasteiger partial charge on any atom is -0.461 e. The van der Waals surface area contributed by atoms with Crippen LogP contribution in [0.3, 0.4) is 0 Å². The molecule has 37 heavy (non-hydrogen) atoms. The van der Waals surface area contributed by atoms with Gasteiger partial charge >= 0.3 is 11.9 Å². The summed E-state index contributed by atoms with van der Waals surface area (Å²) < 4.78 is 23.8. The van der Waals surface area contributed by atoms with Crippen molar-refractivity contribution in [3.63, 3.8) is 0 Å². The van der Waals surface area contributed by atoms with Gasteiger partial charge in [-0.1, -0.05) is 32.1 Å². The average Bonchev–Trinajstić information content (AvgIpc) is 3.10. The van der Waals surface area contributed by atoms with Crippen LogP contribution in [0.15, 0.2) is 23.8 Å². The van der Waals surface area contributed by atoms with Crippen molar-refractivity contribution in [2.45, 2.75) is 109 Å². The summed E-state index contributed by atoms with van der Waals surface area (Å²) in [5.41, 5.74) is 1.63. The Morgan fingerprint density at radius 2 is 1.86 bits per heavy atom. The molecule has 5 fully saturated rings. The summed E-state index contributed by atoms with van der Waals surface area (Å²) in [5, 5.41) is 0. The molecule has 1 saturated carbocycles. The van der Waals surface area contributed by atoms with Gasteiger partial charge < -0.3 is 18.9 Å². The number of esters is 2. The Kier molecular flexibility index (Phi) is 7.57. The summed E-state index contributed by atoms with van der Waals surface area (Å²) in [4.78, 5) is 36.9. The minimum absolute atomic E-state index is 0.0243. The normalized spacial score (nSPS) is 42.7. The molecule has 9 atom stereocenters. The molecule has 4 saturated heterocycles. The van der Waals surface area contributed by atoms with Crippen LogP contribution in [0.1, 0.15) is 85.5 Å². The highest BCUT2D eigenvalue weighted by atomic mass is 17.3. The smallest absolute Gasteiger partial charge is 0.308 e. The number of fused-ring (bicyclic) bond motifs is 2. The molecule has 0 amide bonds. The van der Waals surface area contributed by atoms with Gasteiger partial charge in [0.1, 0.15) is 6.61 Å². The standard InChI is InChI=1S/C29H42O8/c1-17(2)21-9-7-20(8-10-21)16-32-24(30)12-13-25(31)33-26-19(4)23-11-6-18(3)22-14-15-28(5)35-27(34-26)29(22,23)37-36-28/h7,18-19,21-23,26-27H,1,6,8-16H2,2-5H3/t18-,19-,21+,22+,23+,26-,27-,28-,29-/m1/s1. The van der Waals surface area contributed by atoms with Crippen LogP contribution < -0.4 is 0 Å². The van der Waals surface area contributed by atoms with Gasteiger partial charge in [-0.25, -0.2) is 9.78 Å². The molecule has 8 heteroatoms. The van der Waals surface area contributed by atoms with Crippen LogP contribution >= 0.6 is 0 Å².